The highest BCUT2D eigenvalue weighted by atomic mass is 16.5. The molecule has 0 aliphatic rings. The van der Waals surface area contributed by atoms with Crippen LogP contribution in [0.5, 0.6) is 11.5 Å². The minimum Gasteiger partial charge on any atom is -0.504 e. The summed E-state index contributed by atoms with van der Waals surface area (Å²) in [5.74, 6) is -1.42. The molecule has 8 nitrogen and oxygen atoms in total. The predicted octanol–water partition coefficient (Wildman–Crippen LogP) is 0.614. The van der Waals surface area contributed by atoms with E-state index in [1.807, 2.05) is 0 Å². The van der Waals surface area contributed by atoms with E-state index in [4.69, 9.17) is 5.21 Å². The van der Waals surface area contributed by atoms with Crippen LogP contribution in [0.15, 0.2) is 23.3 Å². The zero-order valence-electron chi connectivity index (χ0n) is 11.2. The molecule has 5 N–H and O–H groups in total. The Bertz CT molecular complexity index is 531. The minimum absolute atomic E-state index is 0.143. The predicted molar refractivity (Wildman–Crippen MR) is 73.9 cm³/mol. The number of phenols is 2. The maximum atomic E-state index is 11.4. The molecule has 0 aliphatic heterocycles. The van der Waals surface area contributed by atoms with Crippen LogP contribution in [-0.2, 0) is 9.59 Å². The van der Waals surface area contributed by atoms with Gasteiger partial charge in [0.15, 0.2) is 11.5 Å². The maximum Gasteiger partial charge on any atom is 0.243 e. The number of amides is 2. The topological polar surface area (TPSA) is 131 Å². The van der Waals surface area contributed by atoms with E-state index in [-0.39, 0.29) is 35.8 Å². The first-order chi connectivity index (χ1) is 10.0. The zero-order chi connectivity index (χ0) is 15.7. The van der Waals surface area contributed by atoms with Crippen molar-refractivity contribution in [1.82, 2.24) is 10.9 Å². The lowest BCUT2D eigenvalue weighted by molar-refractivity contribution is -0.129. The van der Waals surface area contributed by atoms with Crippen molar-refractivity contribution in [2.45, 2.75) is 25.7 Å². The Labute approximate surface area is 121 Å². The molecule has 8 heteroatoms. The van der Waals surface area contributed by atoms with Gasteiger partial charge in [-0.25, -0.2) is 10.9 Å². The van der Waals surface area contributed by atoms with E-state index < -0.39 is 5.91 Å². The summed E-state index contributed by atoms with van der Waals surface area (Å²) < 4.78 is 0. The number of hydrazone groups is 1. The Kier molecular flexibility index (Phi) is 6.69. The monoisotopic (exact) mass is 295 g/mol. The van der Waals surface area contributed by atoms with Gasteiger partial charge in [-0.1, -0.05) is 6.07 Å². The second-order valence-electron chi connectivity index (χ2n) is 4.25. The fourth-order valence-corrected chi connectivity index (χ4v) is 1.51. The Morgan fingerprint density at radius 3 is 2.48 bits per heavy atom. The molecule has 0 radical (unpaired) electrons. The Morgan fingerprint density at radius 2 is 1.81 bits per heavy atom. The molecule has 0 atom stereocenters. The number of nitrogens with zero attached hydrogens (tertiary/aromatic N) is 1. The third-order valence-corrected chi connectivity index (χ3v) is 2.62. The van der Waals surface area contributed by atoms with Crippen LogP contribution in [0.1, 0.15) is 31.2 Å². The van der Waals surface area contributed by atoms with Crippen LogP contribution in [0.4, 0.5) is 0 Å². The number of unbranched alkanes of at least 4 members (excludes halogenated alkanes) is 1. The number of hydroxylamine groups is 1. The maximum absolute atomic E-state index is 11.4. The summed E-state index contributed by atoms with van der Waals surface area (Å²) in [7, 11) is 0. The lowest BCUT2D eigenvalue weighted by Crippen LogP contribution is -2.19. The molecule has 0 saturated carbocycles. The molecule has 0 fully saturated rings. The molecule has 0 saturated heterocycles. The van der Waals surface area contributed by atoms with Crippen molar-refractivity contribution in [2.24, 2.45) is 5.10 Å². The molecule has 0 unspecified atom stereocenters. The van der Waals surface area contributed by atoms with Gasteiger partial charge in [0.25, 0.3) is 0 Å². The van der Waals surface area contributed by atoms with E-state index >= 15 is 0 Å². The van der Waals surface area contributed by atoms with Crippen molar-refractivity contribution in [2.75, 3.05) is 0 Å². The zero-order valence-corrected chi connectivity index (χ0v) is 11.2. The molecule has 0 aliphatic carbocycles. The summed E-state index contributed by atoms with van der Waals surface area (Å²) in [4.78, 5) is 22.1. The van der Waals surface area contributed by atoms with Crippen LogP contribution >= 0.6 is 0 Å². The largest absolute Gasteiger partial charge is 0.504 e. The summed E-state index contributed by atoms with van der Waals surface area (Å²) >= 11 is 0. The van der Waals surface area contributed by atoms with Gasteiger partial charge in [-0.2, -0.15) is 5.10 Å². The van der Waals surface area contributed by atoms with Crippen molar-refractivity contribution in [3.63, 3.8) is 0 Å². The van der Waals surface area contributed by atoms with Gasteiger partial charge in [0.1, 0.15) is 0 Å². The molecular weight excluding hydrogens is 278 g/mol. The molecule has 0 bridgehead atoms. The third-order valence-electron chi connectivity index (χ3n) is 2.62. The number of carbonyl (C=O) groups is 2. The lowest BCUT2D eigenvalue weighted by atomic mass is 10.2. The van der Waals surface area contributed by atoms with Crippen LogP contribution in [0, 0.1) is 0 Å². The molecule has 2 amide bonds. The van der Waals surface area contributed by atoms with Gasteiger partial charge < -0.3 is 10.2 Å². The van der Waals surface area contributed by atoms with Crippen LogP contribution in [0.2, 0.25) is 0 Å². The number of para-hydroxylation sites is 1. The lowest BCUT2D eigenvalue weighted by Gasteiger charge is -2.02. The van der Waals surface area contributed by atoms with Gasteiger partial charge in [0, 0.05) is 18.4 Å². The van der Waals surface area contributed by atoms with E-state index in [2.05, 4.69) is 10.5 Å². The average Bonchev–Trinajstić information content (AvgIpc) is 2.47. The van der Waals surface area contributed by atoms with E-state index in [0.717, 1.165) is 0 Å². The highest BCUT2D eigenvalue weighted by Crippen LogP contribution is 2.26. The first-order valence-corrected chi connectivity index (χ1v) is 6.30. The smallest absolute Gasteiger partial charge is 0.243 e. The highest BCUT2D eigenvalue weighted by Gasteiger charge is 2.04. The van der Waals surface area contributed by atoms with Gasteiger partial charge in [-0.05, 0) is 25.0 Å². The van der Waals surface area contributed by atoms with E-state index in [1.165, 1.54) is 29.9 Å². The van der Waals surface area contributed by atoms with Crippen molar-refractivity contribution >= 4 is 18.0 Å². The fourth-order valence-electron chi connectivity index (χ4n) is 1.51. The summed E-state index contributed by atoms with van der Waals surface area (Å²) in [6.07, 6.45) is 2.49. The van der Waals surface area contributed by atoms with Crippen LogP contribution in [0.25, 0.3) is 0 Å². The Morgan fingerprint density at radius 1 is 1.14 bits per heavy atom. The number of nitrogens with one attached hydrogen (secondary N) is 2. The molecule has 21 heavy (non-hydrogen) atoms. The van der Waals surface area contributed by atoms with E-state index in [0.29, 0.717) is 12.8 Å². The van der Waals surface area contributed by atoms with Crippen molar-refractivity contribution in [3.8, 4) is 11.5 Å². The van der Waals surface area contributed by atoms with Gasteiger partial charge in [0.05, 0.1) is 6.21 Å². The SMILES string of the molecule is O=C(CCCCC(=O)N/N=C/c1cccc(O)c1O)NO. The van der Waals surface area contributed by atoms with Crippen LogP contribution in [0.3, 0.4) is 0 Å². The van der Waals surface area contributed by atoms with Crippen LogP contribution < -0.4 is 10.9 Å². The molecule has 0 heterocycles. The average molecular weight is 295 g/mol. The quantitative estimate of drug-likeness (QED) is 0.165. The number of aromatic hydroxyl groups is 2. The fraction of sp³-hybridized carbons (Fsp3) is 0.308. The summed E-state index contributed by atoms with van der Waals surface area (Å²) in [6, 6.07) is 4.39. The summed E-state index contributed by atoms with van der Waals surface area (Å²) in [6.45, 7) is 0. The standard InChI is InChI=1S/C13H17N3O5/c17-10-5-3-4-9(13(10)20)8-14-15-11(18)6-1-2-7-12(19)16-21/h3-5,8,17,20-21H,1-2,6-7H2,(H,15,18)(H,16,19)/b14-8+. The van der Waals surface area contributed by atoms with Gasteiger partial charge in [-0.15, -0.1) is 0 Å². The van der Waals surface area contributed by atoms with E-state index in [1.54, 1.807) is 0 Å². The van der Waals surface area contributed by atoms with E-state index in [9.17, 15) is 19.8 Å². The molecule has 1 rings (SSSR count). The van der Waals surface area contributed by atoms with Gasteiger partial charge in [0.2, 0.25) is 11.8 Å². The molecule has 1 aromatic carbocycles. The Balaban J connectivity index is 2.31. The second-order valence-corrected chi connectivity index (χ2v) is 4.25. The van der Waals surface area contributed by atoms with Gasteiger partial charge >= 0.3 is 0 Å². The number of hydrogen-bond acceptors (Lipinski definition) is 6. The van der Waals surface area contributed by atoms with Crippen molar-refractivity contribution < 1.29 is 25.0 Å². The number of hydrogen-bond donors (Lipinski definition) is 5. The molecule has 1 aromatic rings. The Hall–Kier alpha value is -2.61. The minimum atomic E-state index is -0.493. The molecular formula is C13H17N3O5. The first-order valence-electron chi connectivity index (χ1n) is 6.30. The highest BCUT2D eigenvalue weighted by molar-refractivity contribution is 5.86. The van der Waals surface area contributed by atoms with Gasteiger partial charge in [-0.3, -0.25) is 14.8 Å². The molecule has 0 spiro atoms. The first kappa shape index (κ1) is 16.4. The number of carbonyl (C=O) groups excluding carboxylic acids is 2. The summed E-state index contributed by atoms with van der Waals surface area (Å²) in [5.41, 5.74) is 4.05. The third kappa shape index (κ3) is 5.91. The van der Waals surface area contributed by atoms with Crippen molar-refractivity contribution in [1.29, 1.82) is 0 Å². The van der Waals surface area contributed by atoms with Crippen LogP contribution in [-0.4, -0.2) is 33.4 Å². The number of benzene rings is 1. The normalized spacial score (nSPS) is 10.5. The summed E-state index contributed by atoms with van der Waals surface area (Å²) in [5, 5.41) is 30.7. The number of phenolic OH excluding ortho intramolecular Hbond substituents is 2. The second kappa shape index (κ2) is 8.54. The number of rotatable bonds is 7. The molecule has 0 aromatic heterocycles. The van der Waals surface area contributed by atoms with Crippen molar-refractivity contribution in [3.05, 3.63) is 23.8 Å². The molecule has 114 valence electrons.